The van der Waals surface area contributed by atoms with Gasteiger partial charge in [-0.3, -0.25) is 23.7 Å². The summed E-state index contributed by atoms with van der Waals surface area (Å²) >= 11 is 2.08. The van der Waals surface area contributed by atoms with E-state index in [-0.39, 0.29) is 16.6 Å². The van der Waals surface area contributed by atoms with Crippen LogP contribution in [0.1, 0.15) is 0 Å². The highest BCUT2D eigenvalue weighted by Gasteiger charge is 2.21. The summed E-state index contributed by atoms with van der Waals surface area (Å²) < 4.78 is 70.0. The molecule has 0 bridgehead atoms. The van der Waals surface area contributed by atoms with E-state index >= 15 is 0 Å². The molecule has 1 amide bonds. The topological polar surface area (TPSA) is 160 Å². The van der Waals surface area contributed by atoms with E-state index in [2.05, 4.69) is 4.98 Å². The van der Waals surface area contributed by atoms with Crippen LogP contribution in [0.25, 0.3) is 10.2 Å². The van der Waals surface area contributed by atoms with Gasteiger partial charge in [0.1, 0.15) is 0 Å². The van der Waals surface area contributed by atoms with Gasteiger partial charge in [0.05, 0.1) is 31.4 Å². The highest BCUT2D eigenvalue weighted by atomic mass is 32.2. The first kappa shape index (κ1) is 22.4. The zero-order chi connectivity index (χ0) is 22.1. The molecule has 0 aliphatic heterocycles. The summed E-state index contributed by atoms with van der Waals surface area (Å²) in [7, 11) is -9.66. The lowest BCUT2D eigenvalue weighted by molar-refractivity contribution is -0.106. The molecule has 0 unspecified atom stereocenters. The van der Waals surface area contributed by atoms with Crippen LogP contribution in [0.2, 0.25) is 0 Å². The molecule has 2 N–H and O–H groups in total. The van der Waals surface area contributed by atoms with Gasteiger partial charge in [-0.2, -0.15) is 21.8 Å². The van der Waals surface area contributed by atoms with Crippen LogP contribution in [0.15, 0.2) is 46.2 Å². The van der Waals surface area contributed by atoms with Gasteiger partial charge in [0.25, 0.3) is 20.2 Å². The second-order valence-electron chi connectivity index (χ2n) is 5.54. The molecule has 0 atom stereocenters. The van der Waals surface area contributed by atoms with Crippen molar-refractivity contribution >= 4 is 71.6 Å². The Morgan fingerprint density at radius 2 is 1.67 bits per heavy atom. The third-order valence-electron chi connectivity index (χ3n) is 3.65. The number of thiazole rings is 1. The highest BCUT2D eigenvalue weighted by Crippen LogP contribution is 2.34. The summed E-state index contributed by atoms with van der Waals surface area (Å²) in [6.45, 7) is 0. The Morgan fingerprint density at radius 3 is 2.20 bits per heavy atom. The van der Waals surface area contributed by atoms with Crippen molar-refractivity contribution in [2.45, 2.75) is 9.79 Å². The maximum atomic E-state index is 11.8. The smallest absolute Gasteiger partial charge is 0.293 e. The standard InChI is InChI=1S/C15H12N2O9S4/c1-27-26-25-15-16-13-3-2-9(6-14(13)28-15)17(8-18)10-4-11(29(19,20)21)7-12(5-10)30(22,23)24/h2-8H,1H3,(H,19,20,21)(H,22,23,24). The molecule has 2 aromatic carbocycles. The van der Waals surface area contributed by atoms with Gasteiger partial charge in [0.15, 0.2) is 0 Å². The van der Waals surface area contributed by atoms with E-state index in [9.17, 15) is 30.7 Å². The Labute approximate surface area is 178 Å². The number of carbonyl (C=O) groups is 1. The van der Waals surface area contributed by atoms with Crippen molar-refractivity contribution in [1.82, 2.24) is 4.98 Å². The molecule has 1 heterocycles. The predicted octanol–water partition coefficient (Wildman–Crippen LogP) is 2.67. The Bertz CT molecular complexity index is 1270. The van der Waals surface area contributed by atoms with Crippen LogP contribution in [-0.2, 0) is 29.4 Å². The number of fused-ring (bicyclic) bond motifs is 1. The van der Waals surface area contributed by atoms with E-state index in [4.69, 9.17) is 9.22 Å². The lowest BCUT2D eigenvalue weighted by Gasteiger charge is -2.19. The number of hydrogen-bond acceptors (Lipinski definition) is 10. The van der Waals surface area contributed by atoms with Gasteiger partial charge < -0.3 is 0 Å². The second kappa shape index (κ2) is 8.46. The van der Waals surface area contributed by atoms with Crippen molar-refractivity contribution in [2.24, 2.45) is 0 Å². The van der Waals surface area contributed by atoms with Crippen LogP contribution in [0, 0.1) is 0 Å². The molecule has 0 aliphatic rings. The maximum Gasteiger partial charge on any atom is 0.315 e. The highest BCUT2D eigenvalue weighted by molar-refractivity contribution is 7.93. The van der Waals surface area contributed by atoms with Gasteiger partial charge in [-0.25, -0.2) is 0 Å². The number of rotatable bonds is 8. The lowest BCUT2D eigenvalue weighted by Crippen LogP contribution is -2.16. The Balaban J connectivity index is 2.12. The molecule has 1 aromatic heterocycles. The van der Waals surface area contributed by atoms with Gasteiger partial charge in [0, 0.05) is 18.3 Å². The number of aromatic nitrogens is 1. The van der Waals surface area contributed by atoms with Crippen LogP contribution < -0.4 is 9.79 Å². The number of amides is 1. The van der Waals surface area contributed by atoms with E-state index in [1.807, 2.05) is 0 Å². The molecule has 0 saturated heterocycles. The molecule has 30 heavy (non-hydrogen) atoms. The average Bonchev–Trinajstić information content (AvgIpc) is 3.07. The molecule has 160 valence electrons. The van der Waals surface area contributed by atoms with Crippen LogP contribution in [-0.4, -0.2) is 43.6 Å². The van der Waals surface area contributed by atoms with Crippen molar-refractivity contribution in [3.05, 3.63) is 36.4 Å². The summed E-state index contributed by atoms with van der Waals surface area (Å²) in [4.78, 5) is 20.2. The number of carbonyl (C=O) groups excluding carboxylic acids is 1. The molecule has 0 saturated carbocycles. The number of hydrogen-bond donors (Lipinski definition) is 2. The minimum Gasteiger partial charge on any atom is -0.293 e. The van der Waals surface area contributed by atoms with E-state index in [1.165, 1.54) is 12.1 Å². The molecule has 15 heteroatoms. The predicted molar refractivity (Wildman–Crippen MR) is 109 cm³/mol. The average molecular weight is 493 g/mol. The Kier molecular flexibility index (Phi) is 6.32. The molecule has 3 rings (SSSR count). The Hall–Kier alpha value is -2.27. The number of benzene rings is 2. The van der Waals surface area contributed by atoms with Crippen molar-refractivity contribution in [3.63, 3.8) is 0 Å². The number of anilines is 2. The van der Waals surface area contributed by atoms with Crippen LogP contribution in [0.5, 0.6) is 5.19 Å². The largest absolute Gasteiger partial charge is 0.315 e. The fourth-order valence-corrected chi connectivity index (χ4v) is 4.54. The summed E-state index contributed by atoms with van der Waals surface area (Å²) in [6.07, 6.45) is 1.96. The minimum absolute atomic E-state index is 0.205. The van der Waals surface area contributed by atoms with Gasteiger partial charge >= 0.3 is 5.19 Å². The van der Waals surface area contributed by atoms with E-state index < -0.39 is 30.0 Å². The van der Waals surface area contributed by atoms with E-state index in [0.717, 1.165) is 40.4 Å². The van der Waals surface area contributed by atoms with Crippen molar-refractivity contribution in [3.8, 4) is 5.19 Å². The van der Waals surface area contributed by atoms with Gasteiger partial charge in [-0.15, -0.1) is 4.33 Å². The fourth-order valence-electron chi connectivity index (χ4n) is 2.41. The van der Waals surface area contributed by atoms with Gasteiger partial charge in [-0.05, 0) is 36.4 Å². The summed E-state index contributed by atoms with van der Waals surface area (Å²) in [5.41, 5.74) is 0.533. The zero-order valence-corrected chi connectivity index (χ0v) is 18.1. The zero-order valence-electron chi connectivity index (χ0n) is 14.8. The van der Waals surface area contributed by atoms with Crippen LogP contribution in [0.4, 0.5) is 11.4 Å². The van der Waals surface area contributed by atoms with E-state index in [1.54, 1.807) is 12.3 Å². The minimum atomic E-state index is -4.83. The van der Waals surface area contributed by atoms with Crippen LogP contribution >= 0.6 is 23.4 Å². The molecule has 0 radical (unpaired) electrons. The normalized spacial score (nSPS) is 12.1. The van der Waals surface area contributed by atoms with Crippen molar-refractivity contribution < 1.29 is 40.0 Å². The monoisotopic (exact) mass is 492 g/mol. The third-order valence-corrected chi connectivity index (χ3v) is 6.40. The Morgan fingerprint density at radius 1 is 1.03 bits per heavy atom. The third kappa shape index (κ3) is 4.89. The first-order valence-electron chi connectivity index (χ1n) is 7.65. The fraction of sp³-hybridized carbons (Fsp3) is 0.0667. The number of nitrogens with zero attached hydrogens (tertiary/aromatic N) is 2. The van der Waals surface area contributed by atoms with E-state index in [0.29, 0.717) is 22.7 Å². The summed E-state index contributed by atoms with van der Waals surface area (Å²) in [6, 6.07) is 6.90. The molecular weight excluding hydrogens is 480 g/mol. The molecule has 0 fully saturated rings. The second-order valence-corrected chi connectivity index (χ2v) is 9.84. The maximum absolute atomic E-state index is 11.8. The van der Waals surface area contributed by atoms with Crippen molar-refractivity contribution in [2.75, 3.05) is 11.2 Å². The first-order chi connectivity index (χ1) is 14.0. The van der Waals surface area contributed by atoms with Crippen molar-refractivity contribution in [1.29, 1.82) is 0 Å². The lowest BCUT2D eigenvalue weighted by atomic mass is 10.2. The summed E-state index contributed by atoms with van der Waals surface area (Å²) in [5.74, 6) is 0. The molecule has 3 aromatic rings. The van der Waals surface area contributed by atoms with Gasteiger partial charge in [0.2, 0.25) is 6.41 Å². The molecular formula is C15H12N2O9S4. The molecule has 0 spiro atoms. The quantitative estimate of drug-likeness (QED) is 0.156. The molecule has 0 aliphatic carbocycles. The van der Waals surface area contributed by atoms with Gasteiger partial charge in [-0.1, -0.05) is 11.3 Å². The van der Waals surface area contributed by atoms with Crippen LogP contribution in [0.3, 0.4) is 0 Å². The first-order valence-corrected chi connectivity index (χ1v) is 12.5. The summed E-state index contributed by atoms with van der Waals surface area (Å²) in [5, 5.41) is 0.205. The molecule has 11 nitrogen and oxygen atoms in total. The SMILES string of the molecule is CSOOc1nc2ccc(N(C=O)c3cc(S(=O)(=O)O)cc(S(=O)(=O)O)c3)cc2s1.